The summed E-state index contributed by atoms with van der Waals surface area (Å²) in [4.78, 5) is 33.6. The van der Waals surface area contributed by atoms with Crippen LogP contribution in [0.3, 0.4) is 0 Å². The Morgan fingerprint density at radius 3 is 3.05 bits per heavy atom. The van der Waals surface area contributed by atoms with Crippen LogP contribution in [-0.2, 0) is 16.0 Å². The number of H-pyrrole nitrogens is 1. The molecule has 0 saturated heterocycles. The van der Waals surface area contributed by atoms with Crippen molar-refractivity contribution in [2.45, 2.75) is 13.3 Å². The third kappa shape index (κ3) is 3.62. The van der Waals surface area contributed by atoms with Crippen molar-refractivity contribution in [1.82, 2.24) is 15.0 Å². The summed E-state index contributed by atoms with van der Waals surface area (Å²) >= 11 is 1.24. The summed E-state index contributed by atoms with van der Waals surface area (Å²) in [5.41, 5.74) is 0.568. The summed E-state index contributed by atoms with van der Waals surface area (Å²) in [7, 11) is 0. The molecular formula is C11H12N4O3S. The number of hydrogen-bond donors (Lipinski definition) is 2. The van der Waals surface area contributed by atoms with Crippen molar-refractivity contribution in [1.29, 1.82) is 0 Å². The lowest BCUT2D eigenvalue weighted by atomic mass is 10.3. The first-order valence-corrected chi connectivity index (χ1v) is 6.47. The molecule has 0 unspecified atom stereocenters. The van der Waals surface area contributed by atoms with Gasteiger partial charge in [-0.2, -0.15) is 0 Å². The first-order chi connectivity index (χ1) is 9.19. The van der Waals surface area contributed by atoms with Gasteiger partial charge >= 0.3 is 5.97 Å². The van der Waals surface area contributed by atoms with E-state index in [0.717, 1.165) is 0 Å². The zero-order valence-corrected chi connectivity index (χ0v) is 11.0. The molecule has 7 nitrogen and oxygen atoms in total. The molecule has 0 aliphatic carbocycles. The zero-order chi connectivity index (χ0) is 13.7. The highest BCUT2D eigenvalue weighted by Gasteiger charge is 2.12. The quantitative estimate of drug-likeness (QED) is 0.803. The Hall–Kier alpha value is -2.22. The Labute approximate surface area is 113 Å². The minimum atomic E-state index is -0.373. The molecule has 0 aliphatic rings. The maximum atomic E-state index is 11.7. The number of ether oxygens (including phenoxy) is 1. The molecular weight excluding hydrogens is 268 g/mol. The predicted molar refractivity (Wildman–Crippen MR) is 69.0 cm³/mol. The molecule has 2 rings (SSSR count). The monoisotopic (exact) mass is 280 g/mol. The number of carbonyl (C=O) groups excluding carboxylic acids is 2. The molecule has 19 heavy (non-hydrogen) atoms. The fourth-order valence-electron chi connectivity index (χ4n) is 1.35. The van der Waals surface area contributed by atoms with Crippen LogP contribution >= 0.6 is 11.3 Å². The number of imidazole rings is 1. The highest BCUT2D eigenvalue weighted by Crippen LogP contribution is 2.16. The third-order valence-corrected chi connectivity index (χ3v) is 2.92. The van der Waals surface area contributed by atoms with Gasteiger partial charge in [-0.1, -0.05) is 0 Å². The summed E-state index contributed by atoms with van der Waals surface area (Å²) in [6.07, 6.45) is 3.15. The van der Waals surface area contributed by atoms with Crippen LogP contribution in [-0.4, -0.2) is 33.4 Å². The summed E-state index contributed by atoms with van der Waals surface area (Å²) in [5, 5.41) is 4.71. The number of nitrogens with zero attached hydrogens (tertiary/aromatic N) is 2. The minimum absolute atomic E-state index is 0.0982. The molecule has 0 aromatic carbocycles. The smallest absolute Gasteiger partial charge is 0.311 e. The molecule has 2 N–H and O–H groups in total. The zero-order valence-electron chi connectivity index (χ0n) is 10.2. The molecule has 0 bridgehead atoms. The van der Waals surface area contributed by atoms with Gasteiger partial charge < -0.3 is 9.72 Å². The summed E-state index contributed by atoms with van der Waals surface area (Å²) in [6, 6.07) is 0. The first kappa shape index (κ1) is 13.2. The molecule has 0 spiro atoms. The van der Waals surface area contributed by atoms with Crippen molar-refractivity contribution < 1.29 is 14.3 Å². The molecule has 8 heteroatoms. The van der Waals surface area contributed by atoms with Crippen molar-refractivity contribution in [2.75, 3.05) is 11.9 Å². The second-order valence-corrected chi connectivity index (χ2v) is 4.38. The maximum Gasteiger partial charge on any atom is 0.311 e. The molecule has 2 aromatic rings. The van der Waals surface area contributed by atoms with Crippen molar-refractivity contribution in [3.05, 3.63) is 29.3 Å². The van der Waals surface area contributed by atoms with Crippen molar-refractivity contribution in [3.63, 3.8) is 0 Å². The van der Waals surface area contributed by atoms with Gasteiger partial charge in [-0.25, -0.2) is 9.97 Å². The van der Waals surface area contributed by atoms with Crippen LogP contribution < -0.4 is 5.32 Å². The van der Waals surface area contributed by atoms with Gasteiger partial charge in [0.15, 0.2) is 11.0 Å². The van der Waals surface area contributed by atoms with Crippen LogP contribution in [0.2, 0.25) is 0 Å². The highest BCUT2D eigenvalue weighted by atomic mass is 32.1. The van der Waals surface area contributed by atoms with Gasteiger partial charge in [-0.3, -0.25) is 14.9 Å². The third-order valence-electron chi connectivity index (χ3n) is 2.12. The Morgan fingerprint density at radius 1 is 1.53 bits per heavy atom. The van der Waals surface area contributed by atoms with Crippen LogP contribution in [0.1, 0.15) is 23.2 Å². The van der Waals surface area contributed by atoms with Crippen LogP contribution in [0, 0.1) is 0 Å². The molecule has 100 valence electrons. The van der Waals surface area contributed by atoms with Crippen LogP contribution in [0.15, 0.2) is 17.8 Å². The van der Waals surface area contributed by atoms with E-state index >= 15 is 0 Å². The van der Waals surface area contributed by atoms with Gasteiger partial charge in [0.05, 0.1) is 18.7 Å². The molecule has 2 heterocycles. The fraction of sp³-hybridized carbons (Fsp3) is 0.273. The topological polar surface area (TPSA) is 97.0 Å². The number of esters is 1. The van der Waals surface area contributed by atoms with Crippen LogP contribution in [0.4, 0.5) is 5.13 Å². The average Bonchev–Trinajstić information content (AvgIpc) is 3.00. The lowest BCUT2D eigenvalue weighted by Crippen LogP contribution is -2.13. The van der Waals surface area contributed by atoms with Crippen LogP contribution in [0.5, 0.6) is 0 Å². The molecule has 0 aliphatic heterocycles. The van der Waals surface area contributed by atoms with Crippen molar-refractivity contribution >= 4 is 28.3 Å². The van der Waals surface area contributed by atoms with Gasteiger partial charge in [-0.05, 0) is 6.92 Å². The number of hydrogen-bond acceptors (Lipinski definition) is 6. The minimum Gasteiger partial charge on any atom is -0.466 e. The van der Waals surface area contributed by atoms with E-state index in [0.29, 0.717) is 17.4 Å². The van der Waals surface area contributed by atoms with Gasteiger partial charge in [0, 0.05) is 17.8 Å². The second-order valence-electron chi connectivity index (χ2n) is 3.52. The molecule has 0 fully saturated rings. The van der Waals surface area contributed by atoms with E-state index in [-0.39, 0.29) is 24.1 Å². The summed E-state index contributed by atoms with van der Waals surface area (Å²) < 4.78 is 4.82. The van der Waals surface area contributed by atoms with Crippen LogP contribution in [0.25, 0.3) is 0 Å². The van der Waals surface area contributed by atoms with E-state index < -0.39 is 0 Å². The van der Waals surface area contributed by atoms with Gasteiger partial charge in [0.1, 0.15) is 0 Å². The van der Waals surface area contributed by atoms with Gasteiger partial charge in [0.25, 0.3) is 5.91 Å². The largest absolute Gasteiger partial charge is 0.466 e. The summed E-state index contributed by atoms with van der Waals surface area (Å²) in [6.45, 7) is 2.08. The number of aromatic nitrogens is 3. The molecule has 0 atom stereocenters. The van der Waals surface area contributed by atoms with Gasteiger partial charge in [0.2, 0.25) is 0 Å². The normalized spacial score (nSPS) is 10.2. The number of anilines is 1. The molecule has 0 saturated carbocycles. The van der Waals surface area contributed by atoms with E-state index in [1.54, 1.807) is 18.5 Å². The van der Waals surface area contributed by atoms with E-state index in [1.165, 1.54) is 17.5 Å². The number of nitrogens with one attached hydrogen (secondary N) is 2. The number of aromatic amines is 1. The second kappa shape index (κ2) is 6.10. The number of amides is 1. The SMILES string of the molecule is CCOC(=O)Cc1csc(NC(=O)c2ncc[nH]2)n1. The lowest BCUT2D eigenvalue weighted by molar-refractivity contribution is -0.142. The molecule has 0 radical (unpaired) electrons. The fourth-order valence-corrected chi connectivity index (χ4v) is 2.06. The lowest BCUT2D eigenvalue weighted by Gasteiger charge is -1.99. The maximum absolute atomic E-state index is 11.7. The average molecular weight is 280 g/mol. The van der Waals surface area contributed by atoms with Gasteiger partial charge in [-0.15, -0.1) is 11.3 Å². The number of rotatable bonds is 5. The highest BCUT2D eigenvalue weighted by molar-refractivity contribution is 7.14. The molecule has 2 aromatic heterocycles. The summed E-state index contributed by atoms with van der Waals surface area (Å²) in [5.74, 6) is -0.499. The number of thiazole rings is 1. The van der Waals surface area contributed by atoms with E-state index in [9.17, 15) is 9.59 Å². The Kier molecular flexibility index (Phi) is 4.24. The Bertz CT molecular complexity index is 564. The standard InChI is InChI=1S/C11H12N4O3S/c1-2-18-8(16)5-7-6-19-11(14-7)15-10(17)9-12-3-4-13-9/h3-4,6H,2,5H2,1H3,(H,12,13)(H,14,15,17). The Balaban J connectivity index is 1.94. The van der Waals surface area contributed by atoms with Crippen molar-refractivity contribution in [3.8, 4) is 0 Å². The van der Waals surface area contributed by atoms with E-state index in [4.69, 9.17) is 4.74 Å². The first-order valence-electron chi connectivity index (χ1n) is 5.59. The number of carbonyl (C=O) groups is 2. The van der Waals surface area contributed by atoms with E-state index in [2.05, 4.69) is 20.3 Å². The molecule has 1 amide bonds. The predicted octanol–water partition coefficient (Wildman–Crippen LogP) is 1.22. The Morgan fingerprint density at radius 2 is 2.37 bits per heavy atom. The van der Waals surface area contributed by atoms with Crippen molar-refractivity contribution in [2.24, 2.45) is 0 Å². The van der Waals surface area contributed by atoms with E-state index in [1.807, 2.05) is 0 Å².